The van der Waals surface area contributed by atoms with E-state index >= 15 is 0 Å². The first-order valence-corrected chi connectivity index (χ1v) is 8.05. The van der Waals surface area contributed by atoms with Crippen molar-refractivity contribution in [2.45, 2.75) is 5.37 Å². The lowest BCUT2D eigenvalue weighted by Crippen LogP contribution is -2.34. The molecule has 1 saturated heterocycles. The van der Waals surface area contributed by atoms with Crippen molar-refractivity contribution in [2.24, 2.45) is 0 Å². The Labute approximate surface area is 120 Å². The van der Waals surface area contributed by atoms with Crippen LogP contribution in [0.5, 0.6) is 0 Å². The smallest absolute Gasteiger partial charge is 0.308 e. The van der Waals surface area contributed by atoms with Crippen molar-refractivity contribution in [1.29, 1.82) is 0 Å². The molecule has 2 aromatic rings. The lowest BCUT2D eigenvalue weighted by Gasteiger charge is -2.23. The van der Waals surface area contributed by atoms with E-state index in [4.69, 9.17) is 0 Å². The van der Waals surface area contributed by atoms with Crippen LogP contribution in [0.25, 0.3) is 0 Å². The summed E-state index contributed by atoms with van der Waals surface area (Å²) in [6.45, 7) is 0.798. The number of urea groups is 1. The molecule has 98 valence electrons. The molecule has 1 N–H and O–H groups in total. The molecule has 19 heavy (non-hydrogen) atoms. The van der Waals surface area contributed by atoms with E-state index in [0.717, 1.165) is 18.0 Å². The van der Waals surface area contributed by atoms with E-state index < -0.39 is 0 Å². The van der Waals surface area contributed by atoms with E-state index in [0.29, 0.717) is 0 Å². The maximum Gasteiger partial charge on any atom is 0.323 e. The molecule has 0 unspecified atom stereocenters. The van der Waals surface area contributed by atoms with Gasteiger partial charge in [0.25, 0.3) is 0 Å². The van der Waals surface area contributed by atoms with Gasteiger partial charge in [0.15, 0.2) is 0 Å². The second-order valence-corrected chi connectivity index (χ2v) is 6.40. The third-order valence-corrected chi connectivity index (χ3v) is 5.28. The fourth-order valence-electron chi connectivity index (χ4n) is 2.06. The Morgan fingerprint density at radius 1 is 1.21 bits per heavy atom. The number of amides is 2. The molecule has 0 aliphatic carbocycles. The standard InChI is InChI=1S/C14H14N2OS2/c17-14(15-11-5-2-1-3-6-11)16-8-10-19-13(16)12-7-4-9-18-12/h1-7,9,13H,8,10H2,(H,15,17)/t13-/m1/s1. The summed E-state index contributed by atoms with van der Waals surface area (Å²) in [6, 6.07) is 13.7. The zero-order valence-corrected chi connectivity index (χ0v) is 11.9. The predicted molar refractivity (Wildman–Crippen MR) is 81.7 cm³/mol. The molecular formula is C14H14N2OS2. The van der Waals surface area contributed by atoms with Crippen LogP contribution in [0.2, 0.25) is 0 Å². The molecule has 0 saturated carbocycles. The number of hydrogen-bond acceptors (Lipinski definition) is 3. The molecular weight excluding hydrogens is 276 g/mol. The topological polar surface area (TPSA) is 32.3 Å². The van der Waals surface area contributed by atoms with Crippen LogP contribution in [-0.2, 0) is 0 Å². The average Bonchev–Trinajstić information content (AvgIpc) is 3.10. The third-order valence-electron chi connectivity index (χ3n) is 2.96. The number of benzene rings is 1. The van der Waals surface area contributed by atoms with Crippen molar-refractivity contribution in [3.63, 3.8) is 0 Å². The molecule has 2 amide bonds. The van der Waals surface area contributed by atoms with E-state index in [9.17, 15) is 4.79 Å². The molecule has 1 aliphatic heterocycles. The van der Waals surface area contributed by atoms with Crippen molar-refractivity contribution in [3.05, 3.63) is 52.7 Å². The number of rotatable bonds is 2. The third kappa shape index (κ3) is 2.77. The number of carbonyl (C=O) groups excluding carboxylic acids is 1. The lowest BCUT2D eigenvalue weighted by molar-refractivity contribution is 0.215. The summed E-state index contributed by atoms with van der Waals surface area (Å²) >= 11 is 3.53. The first-order chi connectivity index (χ1) is 9.34. The van der Waals surface area contributed by atoms with E-state index in [1.54, 1.807) is 11.3 Å². The van der Waals surface area contributed by atoms with Crippen LogP contribution in [0.1, 0.15) is 10.3 Å². The van der Waals surface area contributed by atoms with Crippen LogP contribution in [0.3, 0.4) is 0 Å². The Bertz CT molecular complexity index is 542. The second-order valence-electron chi connectivity index (χ2n) is 4.23. The number of hydrogen-bond donors (Lipinski definition) is 1. The van der Waals surface area contributed by atoms with Crippen LogP contribution in [-0.4, -0.2) is 23.2 Å². The molecule has 5 heteroatoms. The minimum atomic E-state index is -0.0189. The maximum atomic E-state index is 12.3. The zero-order chi connectivity index (χ0) is 13.1. The minimum absolute atomic E-state index is 0.0189. The van der Waals surface area contributed by atoms with Gasteiger partial charge in [-0.3, -0.25) is 0 Å². The Morgan fingerprint density at radius 3 is 2.79 bits per heavy atom. The van der Waals surface area contributed by atoms with Gasteiger partial charge in [0.2, 0.25) is 0 Å². The molecule has 3 nitrogen and oxygen atoms in total. The van der Waals surface area contributed by atoms with Crippen LogP contribution in [0.4, 0.5) is 10.5 Å². The quantitative estimate of drug-likeness (QED) is 0.905. The van der Waals surface area contributed by atoms with Crippen LogP contribution >= 0.6 is 23.1 Å². The Balaban J connectivity index is 1.72. The molecule has 1 aromatic heterocycles. The average molecular weight is 290 g/mol. The number of thioether (sulfide) groups is 1. The fourth-order valence-corrected chi connectivity index (χ4v) is 4.30. The predicted octanol–water partition coefficient (Wildman–Crippen LogP) is 4.03. The minimum Gasteiger partial charge on any atom is -0.308 e. The summed E-state index contributed by atoms with van der Waals surface area (Å²) < 4.78 is 0. The van der Waals surface area contributed by atoms with Crippen molar-refractivity contribution < 1.29 is 4.79 Å². The van der Waals surface area contributed by atoms with Gasteiger partial charge < -0.3 is 10.2 Å². The summed E-state index contributed by atoms with van der Waals surface area (Å²) in [4.78, 5) is 15.5. The Hall–Kier alpha value is -1.46. The van der Waals surface area contributed by atoms with Gasteiger partial charge in [0.1, 0.15) is 5.37 Å². The molecule has 0 bridgehead atoms. The van der Waals surface area contributed by atoms with E-state index in [-0.39, 0.29) is 11.4 Å². The van der Waals surface area contributed by atoms with Gasteiger partial charge in [-0.15, -0.1) is 23.1 Å². The summed E-state index contributed by atoms with van der Waals surface area (Å²) in [5.74, 6) is 0.991. The highest BCUT2D eigenvalue weighted by Gasteiger charge is 2.31. The summed E-state index contributed by atoms with van der Waals surface area (Å²) in [7, 11) is 0. The number of nitrogens with zero attached hydrogens (tertiary/aromatic N) is 1. The molecule has 1 atom stereocenters. The van der Waals surface area contributed by atoms with Crippen molar-refractivity contribution in [1.82, 2.24) is 4.90 Å². The highest BCUT2D eigenvalue weighted by atomic mass is 32.2. The monoisotopic (exact) mass is 290 g/mol. The number of thiophene rings is 1. The molecule has 1 fully saturated rings. The largest absolute Gasteiger partial charge is 0.323 e. The van der Waals surface area contributed by atoms with Crippen molar-refractivity contribution in [3.8, 4) is 0 Å². The van der Waals surface area contributed by atoms with E-state index in [1.165, 1.54) is 4.88 Å². The first kappa shape index (κ1) is 12.6. The second kappa shape index (κ2) is 5.67. The van der Waals surface area contributed by atoms with Gasteiger partial charge in [0.05, 0.1) is 0 Å². The van der Waals surface area contributed by atoms with Gasteiger partial charge in [-0.2, -0.15) is 0 Å². The van der Waals surface area contributed by atoms with Crippen LogP contribution < -0.4 is 5.32 Å². The lowest BCUT2D eigenvalue weighted by atomic mass is 10.3. The molecule has 0 spiro atoms. The van der Waals surface area contributed by atoms with Gasteiger partial charge in [-0.1, -0.05) is 24.3 Å². The fraction of sp³-hybridized carbons (Fsp3) is 0.214. The van der Waals surface area contributed by atoms with Crippen LogP contribution in [0, 0.1) is 0 Å². The molecule has 3 rings (SSSR count). The molecule has 1 aliphatic rings. The van der Waals surface area contributed by atoms with Crippen molar-refractivity contribution in [2.75, 3.05) is 17.6 Å². The SMILES string of the molecule is O=C(Nc1ccccc1)N1CCS[C@@H]1c1cccs1. The van der Waals surface area contributed by atoms with E-state index in [1.807, 2.05) is 53.1 Å². The van der Waals surface area contributed by atoms with Gasteiger partial charge in [-0.05, 0) is 23.6 Å². The van der Waals surface area contributed by atoms with Gasteiger partial charge in [-0.25, -0.2) is 4.79 Å². The Kier molecular flexibility index (Phi) is 3.75. The highest BCUT2D eigenvalue weighted by molar-refractivity contribution is 7.99. The van der Waals surface area contributed by atoms with Gasteiger partial charge >= 0.3 is 6.03 Å². The molecule has 2 heterocycles. The molecule has 0 radical (unpaired) electrons. The molecule has 1 aromatic carbocycles. The maximum absolute atomic E-state index is 12.3. The van der Waals surface area contributed by atoms with Crippen molar-refractivity contribution >= 4 is 34.8 Å². The van der Waals surface area contributed by atoms with Gasteiger partial charge in [0, 0.05) is 22.9 Å². The normalized spacial score (nSPS) is 18.5. The Morgan fingerprint density at radius 2 is 2.05 bits per heavy atom. The van der Waals surface area contributed by atoms with E-state index in [2.05, 4.69) is 16.8 Å². The number of anilines is 1. The highest BCUT2D eigenvalue weighted by Crippen LogP contribution is 2.40. The zero-order valence-electron chi connectivity index (χ0n) is 10.3. The van der Waals surface area contributed by atoms with Crippen LogP contribution in [0.15, 0.2) is 47.8 Å². The number of para-hydroxylation sites is 1. The number of nitrogens with one attached hydrogen (secondary N) is 1. The first-order valence-electron chi connectivity index (χ1n) is 6.12. The summed E-state index contributed by atoms with van der Waals surface area (Å²) in [6.07, 6.45) is 0. The summed E-state index contributed by atoms with van der Waals surface area (Å²) in [5.41, 5.74) is 0.842. The number of carbonyl (C=O) groups is 1. The summed E-state index contributed by atoms with van der Waals surface area (Å²) in [5, 5.41) is 5.17.